The minimum Gasteiger partial charge on any atom is -0.365 e. The molecule has 0 aliphatic carbocycles. The van der Waals surface area contributed by atoms with Crippen molar-refractivity contribution in [2.45, 2.75) is 12.5 Å². The quantitative estimate of drug-likeness (QED) is 0.892. The molecule has 2 rings (SSSR count). The van der Waals surface area contributed by atoms with Gasteiger partial charge in [0, 0.05) is 25.7 Å². The summed E-state index contributed by atoms with van der Waals surface area (Å²) in [5.41, 5.74) is 6.84. The Bertz CT molecular complexity index is 369. The van der Waals surface area contributed by atoms with Crippen LogP contribution in [0.4, 0.5) is 5.69 Å². The summed E-state index contributed by atoms with van der Waals surface area (Å²) >= 11 is 6.27. The fourth-order valence-electron chi connectivity index (χ4n) is 2.45. The van der Waals surface area contributed by atoms with Crippen molar-refractivity contribution in [3.05, 3.63) is 29.3 Å². The summed E-state index contributed by atoms with van der Waals surface area (Å²) in [5, 5.41) is 0.832. The van der Waals surface area contributed by atoms with Crippen molar-refractivity contribution in [2.24, 2.45) is 5.73 Å². The third-order valence-corrected chi connectivity index (χ3v) is 3.67. The largest absolute Gasteiger partial charge is 0.365 e. The average Bonchev–Trinajstić information content (AvgIpc) is 2.31. The van der Waals surface area contributed by atoms with Gasteiger partial charge in [-0.3, -0.25) is 0 Å². The molecule has 0 spiro atoms. The highest BCUT2D eigenvalue weighted by molar-refractivity contribution is 6.33. The Morgan fingerprint density at radius 3 is 2.82 bits per heavy atom. The van der Waals surface area contributed by atoms with E-state index in [1.165, 1.54) is 0 Å². The predicted molar refractivity (Wildman–Crippen MR) is 73.8 cm³/mol. The molecule has 94 valence electrons. The van der Waals surface area contributed by atoms with Gasteiger partial charge in [-0.25, -0.2) is 0 Å². The lowest BCUT2D eigenvalue weighted by molar-refractivity contribution is 0.262. The van der Waals surface area contributed by atoms with Crippen LogP contribution >= 0.6 is 11.6 Å². The van der Waals surface area contributed by atoms with E-state index in [1.807, 2.05) is 18.2 Å². The van der Waals surface area contributed by atoms with Gasteiger partial charge in [0.15, 0.2) is 0 Å². The second kappa shape index (κ2) is 5.71. The first kappa shape index (κ1) is 12.7. The second-order valence-electron chi connectivity index (χ2n) is 4.64. The maximum atomic E-state index is 6.27. The van der Waals surface area contributed by atoms with Crippen LogP contribution in [0.2, 0.25) is 5.02 Å². The summed E-state index contributed by atoms with van der Waals surface area (Å²) < 4.78 is 0. The van der Waals surface area contributed by atoms with Gasteiger partial charge in [-0.2, -0.15) is 0 Å². The van der Waals surface area contributed by atoms with E-state index in [-0.39, 0.29) is 0 Å². The van der Waals surface area contributed by atoms with E-state index in [0.29, 0.717) is 6.04 Å². The predicted octanol–water partition coefficient (Wildman–Crippen LogP) is 1.81. The van der Waals surface area contributed by atoms with Crippen molar-refractivity contribution in [3.8, 4) is 0 Å². The molecule has 1 aliphatic heterocycles. The molecule has 1 fully saturated rings. The van der Waals surface area contributed by atoms with Crippen molar-refractivity contribution >= 4 is 17.3 Å². The molecule has 2 N–H and O–H groups in total. The van der Waals surface area contributed by atoms with E-state index in [4.69, 9.17) is 17.3 Å². The molecule has 0 bridgehead atoms. The molecule has 1 aliphatic rings. The number of anilines is 1. The number of piperazine rings is 1. The third-order valence-electron chi connectivity index (χ3n) is 3.35. The van der Waals surface area contributed by atoms with Gasteiger partial charge in [-0.05, 0) is 32.1 Å². The van der Waals surface area contributed by atoms with Crippen LogP contribution in [0.5, 0.6) is 0 Å². The summed E-state index contributed by atoms with van der Waals surface area (Å²) in [6.07, 6.45) is 1.01. The Morgan fingerprint density at radius 1 is 1.35 bits per heavy atom. The van der Waals surface area contributed by atoms with Crippen molar-refractivity contribution in [1.29, 1.82) is 0 Å². The number of hydrogen-bond donors (Lipinski definition) is 1. The van der Waals surface area contributed by atoms with E-state index >= 15 is 0 Å². The Labute approximate surface area is 108 Å². The summed E-state index contributed by atoms with van der Waals surface area (Å²) in [7, 11) is 2.16. The molecule has 0 aromatic heterocycles. The van der Waals surface area contributed by atoms with E-state index in [2.05, 4.69) is 22.9 Å². The molecule has 0 amide bonds. The molecule has 1 aromatic rings. The third kappa shape index (κ3) is 2.92. The lowest BCUT2D eigenvalue weighted by Gasteiger charge is -2.42. The number of benzene rings is 1. The Hall–Kier alpha value is -0.770. The maximum absolute atomic E-state index is 6.27. The maximum Gasteiger partial charge on any atom is 0.0639 e. The van der Waals surface area contributed by atoms with Gasteiger partial charge in [-0.15, -0.1) is 0 Å². The first-order chi connectivity index (χ1) is 8.22. The normalized spacial score (nSPS) is 21.8. The van der Waals surface area contributed by atoms with Gasteiger partial charge in [0.1, 0.15) is 0 Å². The molecule has 0 saturated carbocycles. The fourth-order valence-corrected chi connectivity index (χ4v) is 2.70. The van der Waals surface area contributed by atoms with Crippen molar-refractivity contribution in [2.75, 3.05) is 38.1 Å². The smallest absolute Gasteiger partial charge is 0.0639 e. The van der Waals surface area contributed by atoms with Gasteiger partial charge in [0.25, 0.3) is 0 Å². The van der Waals surface area contributed by atoms with Crippen LogP contribution in [0.1, 0.15) is 6.42 Å². The van der Waals surface area contributed by atoms with E-state index in [1.54, 1.807) is 0 Å². The monoisotopic (exact) mass is 253 g/mol. The highest BCUT2D eigenvalue weighted by Crippen LogP contribution is 2.29. The number of rotatable bonds is 3. The van der Waals surface area contributed by atoms with E-state index < -0.39 is 0 Å². The van der Waals surface area contributed by atoms with Crippen molar-refractivity contribution < 1.29 is 0 Å². The van der Waals surface area contributed by atoms with Crippen LogP contribution < -0.4 is 10.6 Å². The SMILES string of the molecule is CN1CCN(c2ccccc2Cl)C(CCN)C1. The lowest BCUT2D eigenvalue weighted by Crippen LogP contribution is -2.52. The summed E-state index contributed by atoms with van der Waals surface area (Å²) in [6.45, 7) is 3.87. The molecule has 3 nitrogen and oxygen atoms in total. The van der Waals surface area contributed by atoms with Gasteiger partial charge in [-0.1, -0.05) is 23.7 Å². The van der Waals surface area contributed by atoms with Crippen LogP contribution in [0.25, 0.3) is 0 Å². The second-order valence-corrected chi connectivity index (χ2v) is 5.05. The molecular formula is C13H20ClN3. The lowest BCUT2D eigenvalue weighted by atomic mass is 10.1. The minimum atomic E-state index is 0.471. The van der Waals surface area contributed by atoms with Gasteiger partial charge in [0.05, 0.1) is 10.7 Å². The summed E-state index contributed by atoms with van der Waals surface area (Å²) in [6, 6.07) is 8.53. The van der Waals surface area contributed by atoms with Crippen molar-refractivity contribution in [1.82, 2.24) is 4.90 Å². The van der Waals surface area contributed by atoms with E-state index in [9.17, 15) is 0 Å². The molecular weight excluding hydrogens is 234 g/mol. The van der Waals surface area contributed by atoms with Crippen LogP contribution in [-0.4, -0.2) is 44.2 Å². The topological polar surface area (TPSA) is 32.5 Å². The fraction of sp³-hybridized carbons (Fsp3) is 0.538. The number of nitrogens with two attached hydrogens (primary N) is 1. The standard InChI is InChI=1S/C13H20ClN3/c1-16-8-9-17(11(10-16)6-7-15)13-5-3-2-4-12(13)14/h2-5,11H,6-10,15H2,1H3. The number of hydrogen-bond acceptors (Lipinski definition) is 3. The number of para-hydroxylation sites is 1. The van der Waals surface area contributed by atoms with Gasteiger partial charge in [0.2, 0.25) is 0 Å². The van der Waals surface area contributed by atoms with Gasteiger partial charge >= 0.3 is 0 Å². The van der Waals surface area contributed by atoms with Crippen molar-refractivity contribution in [3.63, 3.8) is 0 Å². The first-order valence-corrected chi connectivity index (χ1v) is 6.50. The number of nitrogens with zero attached hydrogens (tertiary/aromatic N) is 2. The zero-order valence-electron chi connectivity index (χ0n) is 10.3. The zero-order chi connectivity index (χ0) is 12.3. The molecule has 0 radical (unpaired) electrons. The Morgan fingerprint density at radius 2 is 2.12 bits per heavy atom. The van der Waals surface area contributed by atoms with Gasteiger partial charge < -0.3 is 15.5 Å². The molecule has 1 saturated heterocycles. The Kier molecular flexibility index (Phi) is 4.26. The van der Waals surface area contributed by atoms with Crippen LogP contribution in [0.3, 0.4) is 0 Å². The minimum absolute atomic E-state index is 0.471. The number of likely N-dealkylation sites (N-methyl/N-ethyl adjacent to an activating group) is 1. The molecule has 17 heavy (non-hydrogen) atoms. The zero-order valence-corrected chi connectivity index (χ0v) is 11.0. The van der Waals surface area contributed by atoms with Crippen LogP contribution in [-0.2, 0) is 0 Å². The van der Waals surface area contributed by atoms with E-state index in [0.717, 1.165) is 43.3 Å². The number of halogens is 1. The molecule has 1 unspecified atom stereocenters. The Balaban J connectivity index is 2.20. The summed E-state index contributed by atoms with van der Waals surface area (Å²) in [5.74, 6) is 0. The molecule has 1 atom stereocenters. The average molecular weight is 254 g/mol. The summed E-state index contributed by atoms with van der Waals surface area (Å²) in [4.78, 5) is 4.75. The first-order valence-electron chi connectivity index (χ1n) is 6.12. The van der Waals surface area contributed by atoms with Crippen LogP contribution in [0, 0.1) is 0 Å². The van der Waals surface area contributed by atoms with Crippen LogP contribution in [0.15, 0.2) is 24.3 Å². The molecule has 4 heteroatoms. The highest BCUT2D eigenvalue weighted by Gasteiger charge is 2.25. The molecule has 1 aromatic carbocycles. The highest BCUT2D eigenvalue weighted by atomic mass is 35.5. The molecule has 1 heterocycles.